The van der Waals surface area contributed by atoms with Crippen LogP contribution in [0.15, 0.2) is 18.2 Å². The predicted molar refractivity (Wildman–Crippen MR) is 80.3 cm³/mol. The summed E-state index contributed by atoms with van der Waals surface area (Å²) in [6.07, 6.45) is 2.47. The first-order chi connectivity index (χ1) is 9.38. The minimum atomic E-state index is -0.660. The number of hydrogen-bond acceptors (Lipinski definition) is 2. The molecule has 4 heteroatoms. The van der Waals surface area contributed by atoms with E-state index in [1.54, 1.807) is 12.1 Å². The molecule has 3 atom stereocenters. The smallest absolute Gasteiger partial charge is 0.128 e. The van der Waals surface area contributed by atoms with Gasteiger partial charge in [-0.2, -0.15) is 0 Å². The van der Waals surface area contributed by atoms with Gasteiger partial charge >= 0.3 is 0 Å². The molecule has 1 aliphatic rings. The third kappa shape index (κ3) is 2.85. The van der Waals surface area contributed by atoms with Gasteiger partial charge in [-0.25, -0.2) is 4.39 Å². The lowest BCUT2D eigenvalue weighted by Crippen LogP contribution is -2.37. The summed E-state index contributed by atoms with van der Waals surface area (Å²) in [6.45, 7) is 4.50. The molecule has 0 bridgehead atoms. The van der Waals surface area contributed by atoms with Crippen LogP contribution in [0.5, 0.6) is 0 Å². The highest BCUT2D eigenvalue weighted by Gasteiger charge is 2.42. The van der Waals surface area contributed by atoms with Crippen LogP contribution < -0.4 is 5.73 Å². The highest BCUT2D eigenvalue weighted by molar-refractivity contribution is 6.31. The number of aliphatic hydroxyl groups excluding tert-OH is 1. The minimum absolute atomic E-state index is 0.0601. The van der Waals surface area contributed by atoms with Crippen LogP contribution in [0.1, 0.15) is 44.6 Å². The summed E-state index contributed by atoms with van der Waals surface area (Å²) in [6, 6.07) is 4.59. The summed E-state index contributed by atoms with van der Waals surface area (Å²) < 4.78 is 14.1. The van der Waals surface area contributed by atoms with Crippen LogP contribution in [0.4, 0.5) is 4.39 Å². The molecular weight excluding hydrogens is 277 g/mol. The molecule has 1 aromatic carbocycles. The highest BCUT2D eigenvalue weighted by Crippen LogP contribution is 2.47. The molecule has 2 nitrogen and oxygen atoms in total. The third-order valence-electron chi connectivity index (χ3n) is 4.79. The van der Waals surface area contributed by atoms with E-state index in [9.17, 15) is 9.50 Å². The van der Waals surface area contributed by atoms with E-state index in [1.807, 2.05) is 0 Å². The van der Waals surface area contributed by atoms with Crippen molar-refractivity contribution in [3.8, 4) is 0 Å². The van der Waals surface area contributed by atoms with Crippen LogP contribution in [-0.2, 0) is 0 Å². The average molecular weight is 300 g/mol. The molecule has 1 aliphatic carbocycles. The lowest BCUT2D eigenvalue weighted by molar-refractivity contribution is 0.0338. The van der Waals surface area contributed by atoms with Gasteiger partial charge < -0.3 is 10.8 Å². The first-order valence-electron chi connectivity index (χ1n) is 7.20. The molecule has 0 saturated heterocycles. The molecule has 1 fully saturated rings. The van der Waals surface area contributed by atoms with E-state index in [-0.39, 0.29) is 23.7 Å². The normalized spacial score (nSPS) is 24.6. The molecule has 20 heavy (non-hydrogen) atoms. The quantitative estimate of drug-likeness (QED) is 0.890. The zero-order valence-electron chi connectivity index (χ0n) is 12.1. The highest BCUT2D eigenvalue weighted by atomic mass is 35.5. The first kappa shape index (κ1) is 15.7. The Bertz CT molecular complexity index is 457. The zero-order valence-corrected chi connectivity index (χ0v) is 12.8. The van der Waals surface area contributed by atoms with E-state index in [4.69, 9.17) is 17.3 Å². The molecule has 0 radical (unpaired) electrons. The van der Waals surface area contributed by atoms with Crippen LogP contribution in [0, 0.1) is 17.2 Å². The van der Waals surface area contributed by atoms with Crippen LogP contribution >= 0.6 is 11.6 Å². The molecule has 0 heterocycles. The lowest BCUT2D eigenvalue weighted by atomic mass is 9.73. The molecule has 0 aliphatic heterocycles. The van der Waals surface area contributed by atoms with Gasteiger partial charge in [0, 0.05) is 23.0 Å². The van der Waals surface area contributed by atoms with E-state index in [0.29, 0.717) is 10.6 Å². The molecular formula is C16H23ClFNO. The molecule has 0 amide bonds. The van der Waals surface area contributed by atoms with E-state index in [2.05, 4.69) is 13.8 Å². The third-order valence-corrected chi connectivity index (χ3v) is 5.12. The second kappa shape index (κ2) is 6.00. The number of hydrogen-bond donors (Lipinski definition) is 2. The van der Waals surface area contributed by atoms with Gasteiger partial charge in [-0.1, -0.05) is 37.9 Å². The summed E-state index contributed by atoms with van der Waals surface area (Å²) in [5, 5.41) is 11.1. The molecule has 112 valence electrons. The predicted octanol–water partition coefficient (Wildman–Crippen LogP) is 3.71. The van der Waals surface area contributed by atoms with Crippen molar-refractivity contribution < 1.29 is 9.50 Å². The van der Waals surface area contributed by atoms with E-state index >= 15 is 0 Å². The van der Waals surface area contributed by atoms with Gasteiger partial charge in [-0.05, 0) is 36.3 Å². The number of nitrogens with two attached hydrogens (primary N) is 1. The van der Waals surface area contributed by atoms with Crippen molar-refractivity contribution in [3.05, 3.63) is 34.6 Å². The maximum atomic E-state index is 14.1. The second-order valence-corrected chi connectivity index (χ2v) is 6.86. The maximum Gasteiger partial charge on any atom is 0.128 e. The van der Waals surface area contributed by atoms with E-state index in [1.165, 1.54) is 6.07 Å². The first-order valence-corrected chi connectivity index (χ1v) is 7.58. The summed E-state index contributed by atoms with van der Waals surface area (Å²) >= 11 is 6.12. The molecule has 1 saturated carbocycles. The Labute approximate surface area is 125 Å². The van der Waals surface area contributed by atoms with Crippen molar-refractivity contribution in [2.45, 2.75) is 45.1 Å². The Balaban J connectivity index is 2.33. The Kier molecular flexibility index (Phi) is 4.73. The largest absolute Gasteiger partial charge is 0.392 e. The van der Waals surface area contributed by atoms with Crippen LogP contribution in [0.3, 0.4) is 0 Å². The van der Waals surface area contributed by atoms with E-state index in [0.717, 1.165) is 19.3 Å². The van der Waals surface area contributed by atoms with Crippen LogP contribution in [-0.4, -0.2) is 17.8 Å². The van der Waals surface area contributed by atoms with Crippen LogP contribution in [0.2, 0.25) is 5.02 Å². The SMILES string of the molecule is CC1(C)CCCC1C(O)C(CN)c1c(F)cccc1Cl. The Morgan fingerprint density at radius 2 is 2.20 bits per heavy atom. The average Bonchev–Trinajstić information content (AvgIpc) is 2.73. The fourth-order valence-corrected chi connectivity index (χ4v) is 3.86. The van der Waals surface area contributed by atoms with Crippen LogP contribution in [0.25, 0.3) is 0 Å². The standard InChI is InChI=1S/C16H23ClFNO/c1-16(2)8-4-5-11(16)15(20)10(9-19)14-12(17)6-3-7-13(14)18/h3,6-7,10-11,15,20H,4-5,8-9,19H2,1-2H3. The second-order valence-electron chi connectivity index (χ2n) is 6.46. The molecule has 1 aromatic rings. The topological polar surface area (TPSA) is 46.2 Å². The number of rotatable bonds is 4. The Morgan fingerprint density at radius 3 is 2.70 bits per heavy atom. The van der Waals surface area contributed by atoms with Gasteiger partial charge in [0.25, 0.3) is 0 Å². The fourth-order valence-electron chi connectivity index (χ4n) is 3.56. The van der Waals surface area contributed by atoms with Crippen molar-refractivity contribution >= 4 is 11.6 Å². The number of halogens is 2. The lowest BCUT2D eigenvalue weighted by Gasteiger charge is -2.35. The van der Waals surface area contributed by atoms with Crippen molar-refractivity contribution in [2.75, 3.05) is 6.54 Å². The monoisotopic (exact) mass is 299 g/mol. The molecule has 2 rings (SSSR count). The fraction of sp³-hybridized carbons (Fsp3) is 0.625. The molecule has 3 unspecified atom stereocenters. The van der Waals surface area contributed by atoms with Crippen molar-refractivity contribution in [1.29, 1.82) is 0 Å². The van der Waals surface area contributed by atoms with Gasteiger partial charge in [0.15, 0.2) is 0 Å². The summed E-state index contributed by atoms with van der Waals surface area (Å²) in [5.41, 5.74) is 6.23. The van der Waals surface area contributed by atoms with Gasteiger partial charge in [0.05, 0.1) is 6.10 Å². The van der Waals surface area contributed by atoms with Gasteiger partial charge in [0.1, 0.15) is 5.82 Å². The number of aliphatic hydroxyl groups is 1. The Hall–Kier alpha value is -0.640. The summed E-state index contributed by atoms with van der Waals surface area (Å²) in [7, 11) is 0. The molecule has 3 N–H and O–H groups in total. The van der Waals surface area contributed by atoms with Crippen molar-refractivity contribution in [3.63, 3.8) is 0 Å². The zero-order chi connectivity index (χ0) is 14.9. The van der Waals surface area contributed by atoms with Gasteiger partial charge in [-0.3, -0.25) is 0 Å². The maximum absolute atomic E-state index is 14.1. The minimum Gasteiger partial charge on any atom is -0.392 e. The van der Waals surface area contributed by atoms with Gasteiger partial charge in [0.2, 0.25) is 0 Å². The van der Waals surface area contributed by atoms with Crippen molar-refractivity contribution in [1.82, 2.24) is 0 Å². The van der Waals surface area contributed by atoms with Gasteiger partial charge in [-0.15, -0.1) is 0 Å². The number of benzene rings is 1. The summed E-state index contributed by atoms with van der Waals surface area (Å²) in [5.74, 6) is -0.708. The Morgan fingerprint density at radius 1 is 1.50 bits per heavy atom. The summed E-state index contributed by atoms with van der Waals surface area (Å²) in [4.78, 5) is 0. The van der Waals surface area contributed by atoms with E-state index < -0.39 is 12.0 Å². The van der Waals surface area contributed by atoms with Crippen molar-refractivity contribution in [2.24, 2.45) is 17.1 Å². The molecule has 0 aromatic heterocycles. The molecule has 0 spiro atoms.